The van der Waals surface area contributed by atoms with Gasteiger partial charge in [-0.15, -0.1) is 0 Å². The van der Waals surface area contributed by atoms with Gasteiger partial charge in [0.1, 0.15) is 6.54 Å². The fraction of sp³-hybridized carbons (Fsp3) is 0.778. The molecule has 0 amide bonds. The van der Waals surface area contributed by atoms with Crippen LogP contribution < -0.4 is 0 Å². The highest BCUT2D eigenvalue weighted by Crippen LogP contribution is 2.06. The third-order valence-electron chi connectivity index (χ3n) is 2.04. The fourth-order valence-corrected chi connectivity index (χ4v) is 2.73. The lowest BCUT2D eigenvalue weighted by Crippen LogP contribution is -2.38. The fourth-order valence-electron chi connectivity index (χ4n) is 1.14. The van der Waals surface area contributed by atoms with Gasteiger partial charge < -0.3 is 10.2 Å². The summed E-state index contributed by atoms with van der Waals surface area (Å²) in [6.45, 7) is 0.807. The molecule has 17 heavy (non-hydrogen) atoms. The molecule has 0 saturated heterocycles. The van der Waals surface area contributed by atoms with Crippen molar-refractivity contribution >= 4 is 22.0 Å². The predicted molar refractivity (Wildman–Crippen MR) is 60.2 cm³/mol. The van der Waals surface area contributed by atoms with Crippen LogP contribution in [0.15, 0.2) is 0 Å². The molecule has 0 aliphatic carbocycles. The molecule has 8 heteroatoms. The molecule has 0 unspecified atom stereocenters. The molecule has 0 aromatic heterocycles. The maximum Gasteiger partial charge on any atom is 0.318 e. The standard InChI is InChI=1S/C9H17NO6S/c1-2-3-6-17(15,16)10(7-9(13)14)5-4-8(11)12/h2-7H2,1H3,(H,11,12)(H,13,14). The first kappa shape index (κ1) is 15.9. The van der Waals surface area contributed by atoms with Gasteiger partial charge >= 0.3 is 11.9 Å². The topological polar surface area (TPSA) is 112 Å². The molecule has 0 aromatic rings. The Morgan fingerprint density at radius 2 is 1.76 bits per heavy atom. The summed E-state index contributed by atoms with van der Waals surface area (Å²) >= 11 is 0. The van der Waals surface area contributed by atoms with Crippen molar-refractivity contribution in [2.45, 2.75) is 26.2 Å². The van der Waals surface area contributed by atoms with Gasteiger partial charge in [-0.05, 0) is 6.42 Å². The van der Waals surface area contributed by atoms with Crippen molar-refractivity contribution in [2.75, 3.05) is 18.8 Å². The molecule has 100 valence electrons. The molecule has 2 N–H and O–H groups in total. The first-order valence-electron chi connectivity index (χ1n) is 5.21. The van der Waals surface area contributed by atoms with Crippen LogP contribution in [0.5, 0.6) is 0 Å². The van der Waals surface area contributed by atoms with E-state index in [1.54, 1.807) is 0 Å². The molecule has 0 radical (unpaired) electrons. The van der Waals surface area contributed by atoms with Crippen molar-refractivity contribution in [2.24, 2.45) is 0 Å². The van der Waals surface area contributed by atoms with E-state index in [-0.39, 0.29) is 12.3 Å². The first-order valence-corrected chi connectivity index (χ1v) is 6.82. The zero-order chi connectivity index (χ0) is 13.5. The van der Waals surface area contributed by atoms with Gasteiger partial charge in [0.05, 0.1) is 12.2 Å². The summed E-state index contributed by atoms with van der Waals surface area (Å²) in [5.74, 6) is -2.61. The largest absolute Gasteiger partial charge is 0.481 e. The summed E-state index contributed by atoms with van der Waals surface area (Å²) in [5, 5.41) is 17.1. The van der Waals surface area contributed by atoms with Crippen molar-refractivity contribution < 1.29 is 28.2 Å². The smallest absolute Gasteiger partial charge is 0.318 e. The van der Waals surface area contributed by atoms with Crippen LogP contribution in [0.4, 0.5) is 0 Å². The second kappa shape index (κ2) is 7.23. The molecule has 0 aliphatic heterocycles. The van der Waals surface area contributed by atoms with Crippen molar-refractivity contribution in [3.8, 4) is 0 Å². The van der Waals surface area contributed by atoms with Gasteiger partial charge in [-0.2, -0.15) is 4.31 Å². The Hall–Kier alpha value is -1.15. The molecule has 0 spiro atoms. The van der Waals surface area contributed by atoms with E-state index in [9.17, 15) is 18.0 Å². The van der Waals surface area contributed by atoms with Crippen LogP contribution in [0, 0.1) is 0 Å². The van der Waals surface area contributed by atoms with Gasteiger partial charge in [-0.3, -0.25) is 9.59 Å². The van der Waals surface area contributed by atoms with E-state index in [0.29, 0.717) is 17.1 Å². The average molecular weight is 267 g/mol. The van der Waals surface area contributed by atoms with Crippen LogP contribution in [-0.2, 0) is 19.6 Å². The molecule has 7 nitrogen and oxygen atoms in total. The summed E-state index contributed by atoms with van der Waals surface area (Å²) < 4.78 is 24.1. The Kier molecular flexibility index (Phi) is 6.74. The maximum atomic E-state index is 11.7. The lowest BCUT2D eigenvalue weighted by atomic mass is 10.4. The third kappa shape index (κ3) is 6.90. The highest BCUT2D eigenvalue weighted by Gasteiger charge is 2.24. The number of hydrogen-bond acceptors (Lipinski definition) is 4. The number of sulfonamides is 1. The van der Waals surface area contributed by atoms with Gasteiger partial charge in [0.15, 0.2) is 0 Å². The van der Waals surface area contributed by atoms with Gasteiger partial charge in [0.2, 0.25) is 10.0 Å². The summed E-state index contributed by atoms with van der Waals surface area (Å²) in [6, 6.07) is 0. The van der Waals surface area contributed by atoms with Crippen LogP contribution in [0.2, 0.25) is 0 Å². The van der Waals surface area contributed by atoms with Gasteiger partial charge in [0.25, 0.3) is 0 Å². The number of carbonyl (C=O) groups is 2. The molecular formula is C9H17NO6S. The van der Waals surface area contributed by atoms with E-state index < -0.39 is 34.9 Å². The maximum absolute atomic E-state index is 11.7. The zero-order valence-corrected chi connectivity index (χ0v) is 10.4. The number of hydrogen-bond donors (Lipinski definition) is 2. The minimum absolute atomic E-state index is 0.156. The lowest BCUT2D eigenvalue weighted by Gasteiger charge is -2.19. The Morgan fingerprint density at radius 1 is 1.18 bits per heavy atom. The molecule has 0 aliphatic rings. The summed E-state index contributed by atoms with van der Waals surface area (Å²) in [4.78, 5) is 20.9. The van der Waals surface area contributed by atoms with Crippen LogP contribution >= 0.6 is 0 Å². The molecule has 0 aromatic carbocycles. The number of carboxylic acid groups (broad SMARTS) is 2. The monoisotopic (exact) mass is 267 g/mol. The van der Waals surface area contributed by atoms with Gasteiger partial charge in [-0.25, -0.2) is 8.42 Å². The van der Waals surface area contributed by atoms with Crippen LogP contribution in [0.25, 0.3) is 0 Å². The molecule has 0 atom stereocenters. The minimum Gasteiger partial charge on any atom is -0.481 e. The number of carboxylic acids is 2. The number of unbranched alkanes of at least 4 members (excludes halogenated alkanes) is 1. The van der Waals surface area contributed by atoms with Crippen molar-refractivity contribution in [1.82, 2.24) is 4.31 Å². The Morgan fingerprint density at radius 3 is 2.18 bits per heavy atom. The number of aliphatic carboxylic acids is 2. The second-order valence-electron chi connectivity index (χ2n) is 3.54. The first-order chi connectivity index (χ1) is 7.79. The van der Waals surface area contributed by atoms with E-state index in [1.165, 1.54) is 0 Å². The van der Waals surface area contributed by atoms with Gasteiger partial charge in [-0.1, -0.05) is 13.3 Å². The molecule has 0 rings (SSSR count). The molecule has 0 saturated carbocycles. The molecule has 0 heterocycles. The second-order valence-corrected chi connectivity index (χ2v) is 5.63. The summed E-state index contributed by atoms with van der Waals surface area (Å²) in [6.07, 6.45) is 0.684. The molecule has 0 bridgehead atoms. The lowest BCUT2D eigenvalue weighted by molar-refractivity contribution is -0.139. The van der Waals surface area contributed by atoms with E-state index in [4.69, 9.17) is 10.2 Å². The zero-order valence-electron chi connectivity index (χ0n) is 9.63. The van der Waals surface area contributed by atoms with E-state index in [2.05, 4.69) is 0 Å². The predicted octanol–water partition coefficient (Wildman–Crippen LogP) is -0.0224. The Bertz CT molecular complexity index is 364. The van der Waals surface area contributed by atoms with E-state index >= 15 is 0 Å². The van der Waals surface area contributed by atoms with E-state index in [1.807, 2.05) is 6.92 Å². The highest BCUT2D eigenvalue weighted by atomic mass is 32.2. The molecule has 0 fully saturated rings. The average Bonchev–Trinajstić information content (AvgIpc) is 2.20. The Labute approximate surface area is 100 Å². The van der Waals surface area contributed by atoms with Crippen molar-refractivity contribution in [1.29, 1.82) is 0 Å². The van der Waals surface area contributed by atoms with Gasteiger partial charge in [0, 0.05) is 6.54 Å². The normalized spacial score (nSPS) is 11.6. The summed E-state index contributed by atoms with van der Waals surface area (Å²) in [7, 11) is -3.69. The quantitative estimate of drug-likeness (QED) is 0.607. The third-order valence-corrected chi connectivity index (χ3v) is 3.94. The number of rotatable bonds is 9. The SMILES string of the molecule is CCCCS(=O)(=O)N(CCC(=O)O)CC(=O)O. The van der Waals surface area contributed by atoms with Crippen LogP contribution in [0.3, 0.4) is 0 Å². The van der Waals surface area contributed by atoms with E-state index in [0.717, 1.165) is 0 Å². The Balaban J connectivity index is 4.64. The van der Waals surface area contributed by atoms with Crippen molar-refractivity contribution in [3.05, 3.63) is 0 Å². The van der Waals surface area contributed by atoms with Crippen molar-refractivity contribution in [3.63, 3.8) is 0 Å². The molecular weight excluding hydrogens is 250 g/mol. The minimum atomic E-state index is -3.69. The van der Waals surface area contributed by atoms with Crippen LogP contribution in [0.1, 0.15) is 26.2 Å². The number of nitrogens with zero attached hydrogens (tertiary/aromatic N) is 1. The summed E-state index contributed by atoms with van der Waals surface area (Å²) in [5.41, 5.74) is 0. The van der Waals surface area contributed by atoms with Crippen LogP contribution in [-0.4, -0.2) is 53.7 Å². The highest BCUT2D eigenvalue weighted by molar-refractivity contribution is 7.89.